The van der Waals surface area contributed by atoms with Crippen molar-refractivity contribution in [2.24, 2.45) is 0 Å². The van der Waals surface area contributed by atoms with Crippen molar-refractivity contribution in [2.45, 2.75) is 6.42 Å². The van der Waals surface area contributed by atoms with Crippen molar-refractivity contribution in [3.63, 3.8) is 0 Å². The molecule has 7 heteroatoms. The summed E-state index contributed by atoms with van der Waals surface area (Å²) < 4.78 is 0.409. The third kappa shape index (κ3) is 3.78. The maximum absolute atomic E-state index is 12.0. The molecular weight excluding hydrogens is 314 g/mol. The summed E-state index contributed by atoms with van der Waals surface area (Å²) in [6.45, 7) is 0.117. The molecule has 104 valence electrons. The molecule has 1 amide bonds. The lowest BCUT2D eigenvalue weighted by Crippen LogP contribution is -2.30. The Hall–Kier alpha value is -1.44. The molecular formula is C13H11NO3S3. The highest BCUT2D eigenvalue weighted by Gasteiger charge is 2.31. The molecule has 4 nitrogen and oxygen atoms in total. The van der Waals surface area contributed by atoms with Gasteiger partial charge in [-0.2, -0.15) is 0 Å². The largest absolute Gasteiger partial charge is 0.481 e. The van der Waals surface area contributed by atoms with E-state index in [1.807, 2.05) is 23.6 Å². The molecule has 0 aliphatic carbocycles. The summed E-state index contributed by atoms with van der Waals surface area (Å²) in [7, 11) is 0. The van der Waals surface area contributed by atoms with E-state index in [-0.39, 0.29) is 18.9 Å². The molecule has 0 bridgehead atoms. The third-order valence-corrected chi connectivity index (χ3v) is 4.71. The average Bonchev–Trinajstić information content (AvgIpc) is 2.98. The molecule has 0 spiro atoms. The maximum atomic E-state index is 12.0. The van der Waals surface area contributed by atoms with Crippen LogP contribution in [0.25, 0.3) is 6.08 Å². The second kappa shape index (κ2) is 6.83. The normalized spacial score (nSPS) is 17.6. The number of carbonyl (C=O) groups excluding carboxylic acids is 1. The first kappa shape index (κ1) is 15.0. The van der Waals surface area contributed by atoms with Gasteiger partial charge in [0.1, 0.15) is 4.32 Å². The highest BCUT2D eigenvalue weighted by Crippen LogP contribution is 2.31. The van der Waals surface area contributed by atoms with Gasteiger partial charge in [-0.1, -0.05) is 36.1 Å². The van der Waals surface area contributed by atoms with E-state index in [1.165, 1.54) is 16.7 Å². The van der Waals surface area contributed by atoms with Crippen LogP contribution in [0.15, 0.2) is 34.6 Å². The van der Waals surface area contributed by atoms with E-state index < -0.39 is 5.97 Å². The van der Waals surface area contributed by atoms with Gasteiger partial charge < -0.3 is 5.11 Å². The van der Waals surface area contributed by atoms with Crippen LogP contribution in [0.5, 0.6) is 0 Å². The van der Waals surface area contributed by atoms with Crippen LogP contribution < -0.4 is 0 Å². The molecule has 1 saturated heterocycles. The van der Waals surface area contributed by atoms with Crippen molar-refractivity contribution in [3.8, 4) is 0 Å². The highest BCUT2D eigenvalue weighted by atomic mass is 32.2. The second-order valence-corrected chi connectivity index (χ2v) is 6.53. The van der Waals surface area contributed by atoms with Gasteiger partial charge in [-0.15, -0.1) is 11.3 Å². The average molecular weight is 325 g/mol. The van der Waals surface area contributed by atoms with Crippen LogP contribution in [-0.2, 0) is 9.59 Å². The number of carboxylic acid groups (broad SMARTS) is 1. The molecule has 2 rings (SSSR count). The fourth-order valence-electron chi connectivity index (χ4n) is 1.53. The van der Waals surface area contributed by atoms with Crippen molar-refractivity contribution >= 4 is 57.6 Å². The second-order valence-electron chi connectivity index (χ2n) is 3.87. The molecule has 2 heterocycles. The summed E-state index contributed by atoms with van der Waals surface area (Å²) in [5.74, 6) is -1.17. The smallest absolute Gasteiger partial charge is 0.305 e. The van der Waals surface area contributed by atoms with Crippen LogP contribution in [0, 0.1) is 0 Å². The number of amides is 1. The number of carbonyl (C=O) groups is 2. The number of nitrogens with zero attached hydrogens (tertiary/aromatic N) is 1. The van der Waals surface area contributed by atoms with Crippen LogP contribution in [0.1, 0.15) is 11.3 Å². The molecule has 1 aromatic heterocycles. The van der Waals surface area contributed by atoms with Gasteiger partial charge in [0.25, 0.3) is 5.91 Å². The standard InChI is InChI=1S/C13H11NO3S3/c15-11(16)6-7-14-12(17)10(20-13(14)18)5-1-3-9-4-2-8-19-9/h1-5,8H,6-7H2,(H,15,16). The van der Waals surface area contributed by atoms with Gasteiger partial charge in [0, 0.05) is 11.4 Å². The number of rotatable bonds is 5. The number of hydrogen-bond donors (Lipinski definition) is 1. The molecule has 0 unspecified atom stereocenters. The lowest BCUT2D eigenvalue weighted by atomic mass is 10.3. The molecule has 0 aromatic carbocycles. The topological polar surface area (TPSA) is 57.6 Å². The van der Waals surface area contributed by atoms with Crippen molar-refractivity contribution in [1.29, 1.82) is 0 Å². The highest BCUT2D eigenvalue weighted by molar-refractivity contribution is 8.26. The Balaban J connectivity index is 2.01. The van der Waals surface area contributed by atoms with Crippen LogP contribution in [0.3, 0.4) is 0 Å². The lowest BCUT2D eigenvalue weighted by Gasteiger charge is -2.12. The molecule has 0 saturated carbocycles. The van der Waals surface area contributed by atoms with E-state index in [1.54, 1.807) is 23.5 Å². The van der Waals surface area contributed by atoms with E-state index in [2.05, 4.69) is 0 Å². The molecule has 1 N–H and O–H groups in total. The van der Waals surface area contributed by atoms with E-state index in [0.29, 0.717) is 9.23 Å². The van der Waals surface area contributed by atoms with E-state index in [0.717, 1.165) is 4.88 Å². The number of hydrogen-bond acceptors (Lipinski definition) is 5. The Morgan fingerprint density at radius 3 is 2.95 bits per heavy atom. The molecule has 0 atom stereocenters. The zero-order valence-corrected chi connectivity index (χ0v) is 12.8. The van der Waals surface area contributed by atoms with Crippen LogP contribution in [0.4, 0.5) is 0 Å². The molecule has 1 aliphatic rings. The van der Waals surface area contributed by atoms with E-state index >= 15 is 0 Å². The first-order valence-electron chi connectivity index (χ1n) is 5.75. The molecule has 1 fully saturated rings. The summed E-state index contributed by atoms with van der Waals surface area (Å²) in [4.78, 5) is 25.5. The minimum absolute atomic E-state index is 0.106. The van der Waals surface area contributed by atoms with Gasteiger partial charge in [0.15, 0.2) is 0 Å². The van der Waals surface area contributed by atoms with E-state index in [9.17, 15) is 9.59 Å². The summed E-state index contributed by atoms with van der Waals surface area (Å²) in [6, 6.07) is 3.93. The van der Waals surface area contributed by atoms with Crippen molar-refractivity contribution in [3.05, 3.63) is 39.4 Å². The van der Waals surface area contributed by atoms with Crippen LogP contribution >= 0.6 is 35.3 Å². The SMILES string of the molecule is O=C(O)CCN1C(=O)C(=CC=Cc2cccs2)SC1=S. The Kier molecular flexibility index (Phi) is 5.11. The molecule has 0 radical (unpaired) electrons. The zero-order chi connectivity index (χ0) is 14.5. The Morgan fingerprint density at radius 1 is 1.50 bits per heavy atom. The van der Waals surface area contributed by atoms with Crippen molar-refractivity contribution < 1.29 is 14.7 Å². The number of thioether (sulfide) groups is 1. The quantitative estimate of drug-likeness (QED) is 0.666. The van der Waals surface area contributed by atoms with Gasteiger partial charge in [0.05, 0.1) is 11.3 Å². The fourth-order valence-corrected chi connectivity index (χ4v) is 3.42. The number of thiocarbonyl (C=S) groups is 1. The van der Waals surface area contributed by atoms with Crippen molar-refractivity contribution in [1.82, 2.24) is 4.90 Å². The fraction of sp³-hybridized carbons (Fsp3) is 0.154. The van der Waals surface area contributed by atoms with Gasteiger partial charge in [-0.05, 0) is 23.6 Å². The number of carboxylic acids is 1. The summed E-state index contributed by atoms with van der Waals surface area (Å²) in [5, 5.41) is 10.6. The lowest BCUT2D eigenvalue weighted by molar-refractivity contribution is -0.137. The minimum atomic E-state index is -0.944. The van der Waals surface area contributed by atoms with Gasteiger partial charge in [-0.25, -0.2) is 0 Å². The van der Waals surface area contributed by atoms with Crippen LogP contribution in [0.2, 0.25) is 0 Å². The maximum Gasteiger partial charge on any atom is 0.305 e. The molecule has 20 heavy (non-hydrogen) atoms. The summed E-state index contributed by atoms with van der Waals surface area (Å²) in [5.41, 5.74) is 0. The van der Waals surface area contributed by atoms with E-state index in [4.69, 9.17) is 17.3 Å². The zero-order valence-electron chi connectivity index (χ0n) is 10.3. The van der Waals surface area contributed by atoms with Gasteiger partial charge in [-0.3, -0.25) is 14.5 Å². The van der Waals surface area contributed by atoms with Crippen molar-refractivity contribution in [2.75, 3.05) is 6.54 Å². The first-order chi connectivity index (χ1) is 9.58. The predicted octanol–water partition coefficient (Wildman–Crippen LogP) is 2.98. The number of thiophene rings is 1. The predicted molar refractivity (Wildman–Crippen MR) is 85.6 cm³/mol. The monoisotopic (exact) mass is 325 g/mol. The first-order valence-corrected chi connectivity index (χ1v) is 7.85. The molecule has 1 aliphatic heterocycles. The Bertz CT molecular complexity index is 590. The van der Waals surface area contributed by atoms with Crippen LogP contribution in [-0.4, -0.2) is 32.7 Å². The minimum Gasteiger partial charge on any atom is -0.481 e. The number of allylic oxidation sites excluding steroid dienone is 2. The number of aliphatic carboxylic acids is 1. The Morgan fingerprint density at radius 2 is 2.30 bits per heavy atom. The molecule has 1 aromatic rings. The van der Waals surface area contributed by atoms with Gasteiger partial charge in [0.2, 0.25) is 0 Å². The Labute approximate surface area is 129 Å². The van der Waals surface area contributed by atoms with Gasteiger partial charge >= 0.3 is 5.97 Å². The third-order valence-electron chi connectivity index (χ3n) is 2.47. The summed E-state index contributed by atoms with van der Waals surface area (Å²) >= 11 is 7.90. The summed E-state index contributed by atoms with van der Waals surface area (Å²) in [6.07, 6.45) is 5.31.